The summed E-state index contributed by atoms with van der Waals surface area (Å²) in [5, 5.41) is 9.46. The Hall–Kier alpha value is -1.00. The number of aliphatic hydroxyl groups is 1. The van der Waals surface area contributed by atoms with Gasteiger partial charge in [-0.25, -0.2) is 26.3 Å². The number of rotatable bonds is 6. The summed E-state index contributed by atoms with van der Waals surface area (Å²) in [7, 11) is -6.58. The van der Waals surface area contributed by atoms with Crippen molar-refractivity contribution in [2.24, 2.45) is 5.92 Å². The van der Waals surface area contributed by atoms with Crippen molar-refractivity contribution in [2.45, 2.75) is 35.2 Å². The lowest BCUT2D eigenvalue weighted by molar-refractivity contribution is 0.178. The maximum atomic E-state index is 12.4. The number of hydrogen-bond acceptors (Lipinski definition) is 5. The molecule has 124 valence electrons. The van der Waals surface area contributed by atoms with Crippen molar-refractivity contribution in [3.05, 3.63) is 24.3 Å². The Kier molecular flexibility index (Phi) is 5.23. The fourth-order valence-corrected chi connectivity index (χ4v) is 5.21. The van der Waals surface area contributed by atoms with E-state index in [0.29, 0.717) is 12.8 Å². The second-order valence-corrected chi connectivity index (χ2v) is 8.93. The van der Waals surface area contributed by atoms with Crippen LogP contribution in [-0.4, -0.2) is 41.6 Å². The van der Waals surface area contributed by atoms with Gasteiger partial charge in [0.1, 0.15) is 9.79 Å². The highest BCUT2D eigenvalue weighted by Gasteiger charge is 2.28. The Balaban J connectivity index is 2.23. The molecule has 1 aliphatic carbocycles. The molecule has 0 amide bonds. The van der Waals surface area contributed by atoms with E-state index in [1.807, 2.05) is 0 Å². The molecule has 1 aromatic carbocycles. The summed E-state index contributed by atoms with van der Waals surface area (Å²) in [6.07, 6.45) is 1.59. The van der Waals surface area contributed by atoms with E-state index in [-0.39, 0.29) is 28.4 Å². The van der Waals surface area contributed by atoms with Crippen LogP contribution in [-0.2, 0) is 20.0 Å². The van der Waals surface area contributed by atoms with Crippen LogP contribution in [0.25, 0.3) is 0 Å². The highest BCUT2D eigenvalue weighted by molar-refractivity contribution is 7.92. The average molecular weight is 348 g/mol. The Morgan fingerprint density at radius 3 is 2.18 bits per heavy atom. The molecule has 0 bridgehead atoms. The molecule has 2 atom stereocenters. The standard InChI is InChI=1S/C13H20N2O5S2/c1-14-21(17,18)12-4-2-3-5-13(12)22(19,20)15-9-10-6-7-11(16)8-10/h2-5,10-11,14-16H,6-9H2,1H3/t10-,11-/m0/s1. The summed E-state index contributed by atoms with van der Waals surface area (Å²) in [6, 6.07) is 5.45. The molecule has 1 aliphatic rings. The minimum atomic E-state index is -3.94. The third-order valence-electron chi connectivity index (χ3n) is 3.77. The van der Waals surface area contributed by atoms with Crippen LogP contribution in [0.5, 0.6) is 0 Å². The Bertz CT molecular complexity index is 731. The van der Waals surface area contributed by atoms with Gasteiger partial charge in [0.25, 0.3) is 0 Å². The van der Waals surface area contributed by atoms with E-state index in [1.165, 1.54) is 31.3 Å². The zero-order valence-electron chi connectivity index (χ0n) is 12.2. The third kappa shape index (κ3) is 3.85. The smallest absolute Gasteiger partial charge is 0.241 e. The first-order valence-corrected chi connectivity index (χ1v) is 9.93. The molecule has 0 saturated heterocycles. The van der Waals surface area contributed by atoms with Gasteiger partial charge in [-0.15, -0.1) is 0 Å². The number of nitrogens with one attached hydrogen (secondary N) is 2. The Morgan fingerprint density at radius 2 is 1.68 bits per heavy atom. The first-order valence-electron chi connectivity index (χ1n) is 6.96. The second kappa shape index (κ2) is 6.63. The molecular formula is C13H20N2O5S2. The van der Waals surface area contributed by atoms with Crippen molar-refractivity contribution in [2.75, 3.05) is 13.6 Å². The molecule has 1 saturated carbocycles. The molecule has 1 aromatic rings. The van der Waals surface area contributed by atoms with E-state index in [0.717, 1.165) is 6.42 Å². The summed E-state index contributed by atoms with van der Waals surface area (Å²) in [4.78, 5) is -0.556. The number of sulfonamides is 2. The van der Waals surface area contributed by atoms with Gasteiger partial charge < -0.3 is 5.11 Å². The zero-order chi connectivity index (χ0) is 16.4. The second-order valence-electron chi connectivity index (χ2n) is 5.34. The van der Waals surface area contributed by atoms with Gasteiger partial charge in [0, 0.05) is 6.54 Å². The minimum Gasteiger partial charge on any atom is -0.393 e. The van der Waals surface area contributed by atoms with Gasteiger partial charge in [-0.1, -0.05) is 12.1 Å². The highest BCUT2D eigenvalue weighted by Crippen LogP contribution is 2.26. The van der Waals surface area contributed by atoms with E-state index in [4.69, 9.17) is 0 Å². The van der Waals surface area contributed by atoms with Gasteiger partial charge in [-0.05, 0) is 44.4 Å². The van der Waals surface area contributed by atoms with Crippen LogP contribution in [0, 0.1) is 5.92 Å². The minimum absolute atomic E-state index is 0.0674. The molecular weight excluding hydrogens is 328 g/mol. The van der Waals surface area contributed by atoms with Crippen LogP contribution >= 0.6 is 0 Å². The third-order valence-corrected chi connectivity index (χ3v) is 6.86. The summed E-state index contributed by atoms with van der Waals surface area (Å²) in [5.74, 6) is 0.0674. The SMILES string of the molecule is CNS(=O)(=O)c1ccccc1S(=O)(=O)NC[C@H]1CC[C@H](O)C1. The average Bonchev–Trinajstić information content (AvgIpc) is 2.91. The predicted octanol–water partition coefficient (Wildman–Crippen LogP) is 0.0340. The van der Waals surface area contributed by atoms with E-state index < -0.39 is 20.0 Å². The Morgan fingerprint density at radius 1 is 1.09 bits per heavy atom. The first kappa shape index (κ1) is 17.4. The lowest BCUT2D eigenvalue weighted by Gasteiger charge is -2.14. The topological polar surface area (TPSA) is 113 Å². The van der Waals surface area contributed by atoms with E-state index in [1.54, 1.807) is 0 Å². The van der Waals surface area contributed by atoms with Crippen LogP contribution in [0.15, 0.2) is 34.1 Å². The molecule has 0 spiro atoms. The molecule has 0 heterocycles. The number of hydrogen-bond donors (Lipinski definition) is 3. The van der Waals surface area contributed by atoms with Crippen LogP contribution in [0.4, 0.5) is 0 Å². The molecule has 0 aliphatic heterocycles. The van der Waals surface area contributed by atoms with Gasteiger partial charge in [-0.3, -0.25) is 0 Å². The van der Waals surface area contributed by atoms with Crippen molar-refractivity contribution in [1.82, 2.24) is 9.44 Å². The van der Waals surface area contributed by atoms with Crippen molar-refractivity contribution in [3.63, 3.8) is 0 Å². The fourth-order valence-electron chi connectivity index (χ4n) is 2.54. The maximum Gasteiger partial charge on any atom is 0.241 e. The van der Waals surface area contributed by atoms with Gasteiger partial charge in [0.05, 0.1) is 6.10 Å². The highest BCUT2D eigenvalue weighted by atomic mass is 32.2. The molecule has 1 fully saturated rings. The van der Waals surface area contributed by atoms with E-state index >= 15 is 0 Å². The van der Waals surface area contributed by atoms with Crippen LogP contribution in [0.2, 0.25) is 0 Å². The lowest BCUT2D eigenvalue weighted by Crippen LogP contribution is -2.31. The summed E-state index contributed by atoms with van der Waals surface area (Å²) < 4.78 is 53.2. The Labute approximate surface area is 130 Å². The monoisotopic (exact) mass is 348 g/mol. The first-order chi connectivity index (χ1) is 10.3. The maximum absolute atomic E-state index is 12.4. The molecule has 22 heavy (non-hydrogen) atoms. The molecule has 9 heteroatoms. The number of benzene rings is 1. The molecule has 3 N–H and O–H groups in total. The molecule has 7 nitrogen and oxygen atoms in total. The van der Waals surface area contributed by atoms with E-state index in [2.05, 4.69) is 9.44 Å². The van der Waals surface area contributed by atoms with Crippen LogP contribution < -0.4 is 9.44 Å². The van der Waals surface area contributed by atoms with E-state index in [9.17, 15) is 21.9 Å². The molecule has 0 radical (unpaired) electrons. The predicted molar refractivity (Wildman–Crippen MR) is 81.2 cm³/mol. The van der Waals surface area contributed by atoms with Gasteiger partial charge >= 0.3 is 0 Å². The molecule has 2 rings (SSSR count). The normalized spacial score (nSPS) is 22.8. The summed E-state index contributed by atoms with van der Waals surface area (Å²) >= 11 is 0. The quantitative estimate of drug-likeness (QED) is 0.671. The van der Waals surface area contributed by atoms with Crippen molar-refractivity contribution in [3.8, 4) is 0 Å². The lowest BCUT2D eigenvalue weighted by atomic mass is 10.1. The van der Waals surface area contributed by atoms with Crippen molar-refractivity contribution < 1.29 is 21.9 Å². The van der Waals surface area contributed by atoms with Crippen molar-refractivity contribution in [1.29, 1.82) is 0 Å². The zero-order valence-corrected chi connectivity index (χ0v) is 13.8. The fraction of sp³-hybridized carbons (Fsp3) is 0.538. The molecule has 0 unspecified atom stereocenters. The largest absolute Gasteiger partial charge is 0.393 e. The summed E-state index contributed by atoms with van der Waals surface area (Å²) in [5.41, 5.74) is 0. The summed E-state index contributed by atoms with van der Waals surface area (Å²) in [6.45, 7) is 0.188. The van der Waals surface area contributed by atoms with Gasteiger partial charge in [0.15, 0.2) is 0 Å². The molecule has 0 aromatic heterocycles. The van der Waals surface area contributed by atoms with Gasteiger partial charge in [0.2, 0.25) is 20.0 Å². The van der Waals surface area contributed by atoms with Crippen LogP contribution in [0.1, 0.15) is 19.3 Å². The van der Waals surface area contributed by atoms with Crippen LogP contribution in [0.3, 0.4) is 0 Å². The van der Waals surface area contributed by atoms with Crippen molar-refractivity contribution >= 4 is 20.0 Å². The number of aliphatic hydroxyl groups excluding tert-OH is 1. The van der Waals surface area contributed by atoms with Gasteiger partial charge in [-0.2, -0.15) is 0 Å².